The van der Waals surface area contributed by atoms with Gasteiger partial charge >= 0.3 is 0 Å². The number of nitrogens with one attached hydrogen (secondary N) is 1. The maximum Gasteiger partial charge on any atom is 0.228 e. The Morgan fingerprint density at radius 1 is 1.15 bits per heavy atom. The third kappa shape index (κ3) is 3.63. The van der Waals surface area contributed by atoms with Crippen LogP contribution in [0.5, 0.6) is 0 Å². The van der Waals surface area contributed by atoms with Crippen molar-refractivity contribution >= 4 is 28.1 Å². The number of piperidine rings is 1. The molecule has 0 amide bonds. The second-order valence-corrected chi connectivity index (χ2v) is 8.93. The highest BCUT2D eigenvalue weighted by Gasteiger charge is 2.24. The summed E-state index contributed by atoms with van der Waals surface area (Å²) >= 11 is 0. The summed E-state index contributed by atoms with van der Waals surface area (Å²) in [5, 5.41) is 9.44. The molecule has 2 aliphatic rings. The maximum absolute atomic E-state index is 15.4. The lowest BCUT2D eigenvalue weighted by Gasteiger charge is -2.31. The molecule has 2 N–H and O–H groups in total. The molecule has 1 unspecified atom stereocenters. The number of aliphatic hydroxyl groups excluding tert-OH is 1. The zero-order valence-corrected chi connectivity index (χ0v) is 18.2. The van der Waals surface area contributed by atoms with Crippen molar-refractivity contribution in [2.45, 2.75) is 31.7 Å². The summed E-state index contributed by atoms with van der Waals surface area (Å²) in [4.78, 5) is 23.5. The normalized spacial score (nSPS) is 20.2. The smallest absolute Gasteiger partial charge is 0.228 e. The highest BCUT2D eigenvalue weighted by molar-refractivity contribution is 5.91. The molecule has 0 aliphatic carbocycles. The van der Waals surface area contributed by atoms with Crippen molar-refractivity contribution in [3.8, 4) is 11.3 Å². The maximum atomic E-state index is 15.4. The summed E-state index contributed by atoms with van der Waals surface area (Å²) < 4.78 is 22.9. The molecule has 2 aliphatic heterocycles. The monoisotopic (exact) mass is 451 g/mol. The van der Waals surface area contributed by atoms with E-state index in [0.717, 1.165) is 45.4 Å². The number of ether oxygens (including phenoxy) is 1. The number of rotatable bonds is 4. The van der Waals surface area contributed by atoms with Crippen LogP contribution in [0.2, 0.25) is 0 Å². The Balaban J connectivity index is 1.41. The molecule has 172 valence electrons. The van der Waals surface area contributed by atoms with Gasteiger partial charge in [0, 0.05) is 31.9 Å². The Labute approximate surface area is 189 Å². The highest BCUT2D eigenvalue weighted by atomic mass is 19.1. The molecule has 1 atom stereocenters. The van der Waals surface area contributed by atoms with E-state index in [2.05, 4.69) is 24.8 Å². The van der Waals surface area contributed by atoms with E-state index in [-0.39, 0.29) is 18.5 Å². The molecule has 3 aromatic heterocycles. The van der Waals surface area contributed by atoms with E-state index in [0.29, 0.717) is 51.9 Å². The summed E-state index contributed by atoms with van der Waals surface area (Å²) in [5.41, 5.74) is 3.54. The minimum absolute atomic E-state index is 0.0934. The van der Waals surface area contributed by atoms with Gasteiger partial charge in [0.25, 0.3) is 0 Å². The number of hydrogen-bond acceptors (Lipinski definition) is 7. The van der Waals surface area contributed by atoms with E-state index in [4.69, 9.17) is 9.72 Å². The molecule has 0 radical (unpaired) electrons. The number of hydrogen-bond donors (Lipinski definition) is 2. The minimum Gasteiger partial charge on any atom is -0.396 e. The first-order valence-electron chi connectivity index (χ1n) is 11.5. The summed E-state index contributed by atoms with van der Waals surface area (Å²) in [6.45, 7) is 3.06. The van der Waals surface area contributed by atoms with Crippen LogP contribution in [0.25, 0.3) is 33.5 Å². The Bertz CT molecular complexity index is 1290. The van der Waals surface area contributed by atoms with Gasteiger partial charge in [0.1, 0.15) is 22.5 Å². The number of imidazole rings is 2. The number of aromatic amines is 1. The lowest BCUT2D eigenvalue weighted by atomic mass is 9.98. The number of halogens is 1. The lowest BCUT2D eigenvalue weighted by Crippen LogP contribution is -2.35. The number of fused-ring (bicyclic) bond motifs is 2. The molecular formula is C23H26FN7O2. The van der Waals surface area contributed by atoms with Crippen LogP contribution < -0.4 is 4.90 Å². The minimum atomic E-state index is -0.331. The quantitative estimate of drug-likeness (QED) is 0.491. The van der Waals surface area contributed by atoms with Gasteiger partial charge in [0.2, 0.25) is 5.95 Å². The van der Waals surface area contributed by atoms with E-state index in [1.165, 1.54) is 6.07 Å². The zero-order chi connectivity index (χ0) is 22.4. The predicted octanol–water partition coefficient (Wildman–Crippen LogP) is 3.07. The van der Waals surface area contributed by atoms with Gasteiger partial charge in [-0.05, 0) is 43.7 Å². The van der Waals surface area contributed by atoms with E-state index in [1.807, 2.05) is 10.6 Å². The van der Waals surface area contributed by atoms with E-state index < -0.39 is 0 Å². The molecule has 2 fully saturated rings. The fraction of sp³-hybridized carbons (Fsp3) is 0.478. The highest BCUT2D eigenvalue weighted by Crippen LogP contribution is 2.33. The molecule has 10 heteroatoms. The average molecular weight is 452 g/mol. The van der Waals surface area contributed by atoms with Crippen LogP contribution in [-0.2, 0) is 4.74 Å². The summed E-state index contributed by atoms with van der Waals surface area (Å²) in [6.07, 6.45) is 6.97. The molecule has 33 heavy (non-hydrogen) atoms. The molecule has 9 nitrogen and oxygen atoms in total. The van der Waals surface area contributed by atoms with Crippen molar-refractivity contribution in [1.82, 2.24) is 29.5 Å². The van der Waals surface area contributed by atoms with Gasteiger partial charge in [0.05, 0.1) is 30.8 Å². The van der Waals surface area contributed by atoms with Crippen LogP contribution in [-0.4, -0.2) is 67.5 Å². The molecular weight excluding hydrogens is 425 g/mol. The molecule has 1 aromatic carbocycles. The van der Waals surface area contributed by atoms with Crippen molar-refractivity contribution in [2.24, 2.45) is 5.92 Å². The van der Waals surface area contributed by atoms with Crippen LogP contribution in [0.3, 0.4) is 0 Å². The van der Waals surface area contributed by atoms with Gasteiger partial charge in [0.15, 0.2) is 5.65 Å². The first kappa shape index (κ1) is 20.5. The Hall–Kier alpha value is -3.11. The van der Waals surface area contributed by atoms with Gasteiger partial charge in [-0.2, -0.15) is 4.98 Å². The van der Waals surface area contributed by atoms with Crippen LogP contribution in [0.1, 0.15) is 31.7 Å². The number of nitrogens with zero attached hydrogens (tertiary/aromatic N) is 6. The fourth-order valence-electron chi connectivity index (χ4n) is 4.96. The number of aliphatic hydroxyl groups is 1. The molecule has 0 spiro atoms. The zero-order valence-electron chi connectivity index (χ0n) is 18.2. The Morgan fingerprint density at radius 2 is 2.03 bits per heavy atom. The topological polar surface area (TPSA) is 105 Å². The molecule has 6 rings (SSSR count). The van der Waals surface area contributed by atoms with Crippen molar-refractivity contribution in [3.63, 3.8) is 0 Å². The van der Waals surface area contributed by atoms with Crippen LogP contribution in [0.4, 0.5) is 10.3 Å². The van der Waals surface area contributed by atoms with E-state index in [9.17, 15) is 5.11 Å². The molecule has 0 bridgehead atoms. The second kappa shape index (κ2) is 8.35. The molecule has 5 heterocycles. The molecule has 0 saturated carbocycles. The van der Waals surface area contributed by atoms with Gasteiger partial charge in [-0.25, -0.2) is 19.3 Å². The van der Waals surface area contributed by atoms with Crippen molar-refractivity contribution in [1.29, 1.82) is 0 Å². The van der Waals surface area contributed by atoms with Crippen molar-refractivity contribution in [3.05, 3.63) is 30.6 Å². The average Bonchev–Trinajstić information content (AvgIpc) is 3.51. The van der Waals surface area contributed by atoms with Crippen LogP contribution >= 0.6 is 0 Å². The van der Waals surface area contributed by atoms with Crippen molar-refractivity contribution in [2.75, 3.05) is 37.8 Å². The standard InChI is InChI=1S/C23H26FN7O2/c24-17-8-15(9-18-21(17)31(13-27-18)16-2-1-7-33-11-16)19-20-22(26-12-25-20)29-23(28-19)30-5-3-14(10-32)4-6-30/h8-9,12-14,16,32H,1-7,10-11H2,(H,25,26,28,29). The molecule has 2 saturated heterocycles. The summed E-state index contributed by atoms with van der Waals surface area (Å²) in [5.74, 6) is 0.560. The van der Waals surface area contributed by atoms with E-state index in [1.54, 1.807) is 12.7 Å². The second-order valence-electron chi connectivity index (χ2n) is 8.93. The SMILES string of the molecule is OCC1CCN(c2nc(-c3cc(F)c4c(c3)ncn4C3CCCOC3)c3[nH]cnc3n2)CC1. The number of benzene rings is 1. The number of H-pyrrole nitrogens is 1. The third-order valence-electron chi connectivity index (χ3n) is 6.86. The van der Waals surface area contributed by atoms with Gasteiger partial charge in [-0.15, -0.1) is 0 Å². The first-order valence-corrected chi connectivity index (χ1v) is 11.5. The third-order valence-corrected chi connectivity index (χ3v) is 6.86. The van der Waals surface area contributed by atoms with Gasteiger partial charge < -0.3 is 24.3 Å². The number of anilines is 1. The largest absolute Gasteiger partial charge is 0.396 e. The fourth-order valence-corrected chi connectivity index (χ4v) is 4.96. The van der Waals surface area contributed by atoms with Crippen molar-refractivity contribution < 1.29 is 14.2 Å². The van der Waals surface area contributed by atoms with Crippen LogP contribution in [0.15, 0.2) is 24.8 Å². The Kier molecular flexibility index (Phi) is 5.18. The predicted molar refractivity (Wildman–Crippen MR) is 121 cm³/mol. The van der Waals surface area contributed by atoms with Gasteiger partial charge in [-0.1, -0.05) is 0 Å². The van der Waals surface area contributed by atoms with Gasteiger partial charge in [-0.3, -0.25) is 0 Å². The summed E-state index contributed by atoms with van der Waals surface area (Å²) in [6, 6.07) is 3.49. The van der Waals surface area contributed by atoms with Crippen LogP contribution in [0, 0.1) is 11.7 Å². The Morgan fingerprint density at radius 3 is 2.82 bits per heavy atom. The van der Waals surface area contributed by atoms with E-state index >= 15 is 4.39 Å². The summed E-state index contributed by atoms with van der Waals surface area (Å²) in [7, 11) is 0. The first-order chi connectivity index (χ1) is 16.2. The lowest BCUT2D eigenvalue weighted by molar-refractivity contribution is 0.0603. The molecule has 4 aromatic rings. The number of aromatic nitrogens is 6.